The predicted octanol–water partition coefficient (Wildman–Crippen LogP) is 4.86. The summed E-state index contributed by atoms with van der Waals surface area (Å²) in [5.41, 5.74) is 3.40. The van der Waals surface area contributed by atoms with Crippen LogP contribution in [0.25, 0.3) is 11.3 Å². The largest absolute Gasteiger partial charge is 0.461 e. The van der Waals surface area contributed by atoms with Gasteiger partial charge in [0.1, 0.15) is 11.5 Å². The van der Waals surface area contributed by atoms with Crippen molar-refractivity contribution in [3.63, 3.8) is 0 Å². The Kier molecular flexibility index (Phi) is 4.38. The quantitative estimate of drug-likeness (QED) is 0.684. The number of hydrogen-bond donors (Lipinski definition) is 0. The van der Waals surface area contributed by atoms with E-state index in [1.54, 1.807) is 0 Å². The predicted molar refractivity (Wildman–Crippen MR) is 99.6 cm³/mol. The SMILES string of the molecule is O=C(CCc1ccc(-c2ccccc2)o1)N1CCCc2ccccc21. The van der Waals surface area contributed by atoms with Crippen LogP contribution in [-0.4, -0.2) is 12.5 Å². The molecule has 0 spiro atoms. The van der Waals surface area contributed by atoms with Crippen molar-refractivity contribution in [2.45, 2.75) is 25.7 Å². The Hall–Kier alpha value is -2.81. The molecule has 0 radical (unpaired) electrons. The Labute approximate surface area is 147 Å². The molecule has 0 atom stereocenters. The summed E-state index contributed by atoms with van der Waals surface area (Å²) in [7, 11) is 0. The van der Waals surface area contributed by atoms with Crippen LogP contribution in [0.15, 0.2) is 71.1 Å². The van der Waals surface area contributed by atoms with Gasteiger partial charge in [0.25, 0.3) is 0 Å². The van der Waals surface area contributed by atoms with E-state index in [1.807, 2.05) is 65.6 Å². The van der Waals surface area contributed by atoms with Crippen molar-refractivity contribution in [1.82, 2.24) is 0 Å². The topological polar surface area (TPSA) is 33.5 Å². The minimum absolute atomic E-state index is 0.171. The number of anilines is 1. The highest BCUT2D eigenvalue weighted by Gasteiger charge is 2.22. The van der Waals surface area contributed by atoms with E-state index in [1.165, 1.54) is 5.56 Å². The van der Waals surface area contributed by atoms with Crippen LogP contribution in [0.4, 0.5) is 5.69 Å². The molecule has 126 valence electrons. The monoisotopic (exact) mass is 331 g/mol. The van der Waals surface area contributed by atoms with Gasteiger partial charge in [0.2, 0.25) is 5.91 Å². The van der Waals surface area contributed by atoms with E-state index >= 15 is 0 Å². The maximum Gasteiger partial charge on any atom is 0.227 e. The molecule has 0 aliphatic carbocycles. The van der Waals surface area contributed by atoms with Crippen molar-refractivity contribution in [3.8, 4) is 11.3 Å². The first kappa shape index (κ1) is 15.7. The summed E-state index contributed by atoms with van der Waals surface area (Å²) in [6, 6.07) is 22.2. The molecule has 1 aliphatic heterocycles. The van der Waals surface area contributed by atoms with Gasteiger partial charge in [-0.25, -0.2) is 0 Å². The summed E-state index contributed by atoms with van der Waals surface area (Å²) in [5, 5.41) is 0. The van der Waals surface area contributed by atoms with Gasteiger partial charge in [-0.15, -0.1) is 0 Å². The minimum atomic E-state index is 0.171. The van der Waals surface area contributed by atoms with Crippen LogP contribution in [0.3, 0.4) is 0 Å². The van der Waals surface area contributed by atoms with Crippen LogP contribution in [0.1, 0.15) is 24.2 Å². The van der Waals surface area contributed by atoms with Crippen LogP contribution < -0.4 is 4.90 Å². The fraction of sp³-hybridized carbons (Fsp3) is 0.227. The summed E-state index contributed by atoms with van der Waals surface area (Å²) >= 11 is 0. The average molecular weight is 331 g/mol. The van der Waals surface area contributed by atoms with E-state index < -0.39 is 0 Å². The molecule has 3 nitrogen and oxygen atoms in total. The summed E-state index contributed by atoms with van der Waals surface area (Å²) in [6.45, 7) is 0.809. The summed E-state index contributed by atoms with van der Waals surface area (Å²) in [5.74, 6) is 1.88. The number of furan rings is 1. The molecule has 0 unspecified atom stereocenters. The van der Waals surface area contributed by atoms with Gasteiger partial charge in [-0.3, -0.25) is 4.79 Å². The molecule has 1 amide bonds. The molecule has 0 saturated heterocycles. The van der Waals surface area contributed by atoms with Gasteiger partial charge in [0.05, 0.1) is 0 Å². The van der Waals surface area contributed by atoms with Gasteiger partial charge in [0, 0.05) is 30.6 Å². The number of carbonyl (C=O) groups is 1. The molecule has 3 heteroatoms. The molecule has 1 aliphatic rings. The van der Waals surface area contributed by atoms with Crippen molar-refractivity contribution >= 4 is 11.6 Å². The first-order valence-corrected chi connectivity index (χ1v) is 8.84. The second kappa shape index (κ2) is 6.98. The van der Waals surface area contributed by atoms with Crippen LogP contribution in [0, 0.1) is 0 Å². The molecule has 3 aromatic rings. The van der Waals surface area contributed by atoms with Crippen molar-refractivity contribution in [3.05, 3.63) is 78.1 Å². The van der Waals surface area contributed by atoms with Crippen LogP contribution in [-0.2, 0) is 17.6 Å². The van der Waals surface area contributed by atoms with Gasteiger partial charge < -0.3 is 9.32 Å². The lowest BCUT2D eigenvalue weighted by atomic mass is 10.0. The van der Waals surface area contributed by atoms with Crippen LogP contribution in [0.5, 0.6) is 0 Å². The smallest absolute Gasteiger partial charge is 0.227 e. The average Bonchev–Trinajstić information content (AvgIpc) is 3.15. The number of nitrogens with zero attached hydrogens (tertiary/aromatic N) is 1. The highest BCUT2D eigenvalue weighted by molar-refractivity contribution is 5.94. The summed E-state index contributed by atoms with van der Waals surface area (Å²) in [6.07, 6.45) is 3.18. The van der Waals surface area contributed by atoms with Gasteiger partial charge in [-0.2, -0.15) is 0 Å². The van der Waals surface area contributed by atoms with E-state index in [9.17, 15) is 4.79 Å². The molecule has 25 heavy (non-hydrogen) atoms. The maximum absolute atomic E-state index is 12.7. The van der Waals surface area contributed by atoms with E-state index in [2.05, 4.69) is 6.07 Å². The normalized spacial score (nSPS) is 13.5. The zero-order chi connectivity index (χ0) is 17.1. The Balaban J connectivity index is 1.42. The van der Waals surface area contributed by atoms with E-state index in [0.29, 0.717) is 12.8 Å². The van der Waals surface area contributed by atoms with Crippen molar-refractivity contribution < 1.29 is 9.21 Å². The lowest BCUT2D eigenvalue weighted by Gasteiger charge is -2.29. The van der Waals surface area contributed by atoms with Crippen molar-refractivity contribution in [2.75, 3.05) is 11.4 Å². The Morgan fingerprint density at radius 2 is 1.76 bits per heavy atom. The van der Waals surface area contributed by atoms with Gasteiger partial charge in [0.15, 0.2) is 0 Å². The third kappa shape index (κ3) is 3.36. The number of para-hydroxylation sites is 1. The Morgan fingerprint density at radius 3 is 2.64 bits per heavy atom. The fourth-order valence-corrected chi connectivity index (χ4v) is 3.43. The maximum atomic E-state index is 12.7. The number of aryl methyl sites for hydroxylation is 2. The molecule has 0 N–H and O–H groups in total. The van der Waals surface area contributed by atoms with Crippen LogP contribution >= 0.6 is 0 Å². The third-order valence-corrected chi connectivity index (χ3v) is 4.72. The molecule has 1 aromatic heterocycles. The number of rotatable bonds is 4. The lowest BCUT2D eigenvalue weighted by Crippen LogP contribution is -2.35. The minimum Gasteiger partial charge on any atom is -0.461 e. The highest BCUT2D eigenvalue weighted by atomic mass is 16.3. The molecule has 0 bridgehead atoms. The highest BCUT2D eigenvalue weighted by Crippen LogP contribution is 2.28. The molecule has 4 rings (SSSR count). The second-order valence-electron chi connectivity index (χ2n) is 6.41. The van der Waals surface area contributed by atoms with Gasteiger partial charge in [-0.1, -0.05) is 48.5 Å². The molecule has 2 heterocycles. The van der Waals surface area contributed by atoms with E-state index in [0.717, 1.165) is 42.2 Å². The summed E-state index contributed by atoms with van der Waals surface area (Å²) in [4.78, 5) is 14.6. The number of benzene rings is 2. The second-order valence-corrected chi connectivity index (χ2v) is 6.41. The fourth-order valence-electron chi connectivity index (χ4n) is 3.43. The first-order chi connectivity index (χ1) is 12.3. The van der Waals surface area contributed by atoms with Gasteiger partial charge >= 0.3 is 0 Å². The zero-order valence-corrected chi connectivity index (χ0v) is 14.2. The number of amides is 1. The number of hydrogen-bond acceptors (Lipinski definition) is 2. The zero-order valence-electron chi connectivity index (χ0n) is 14.2. The van der Waals surface area contributed by atoms with Crippen molar-refractivity contribution in [2.24, 2.45) is 0 Å². The molecule has 0 saturated carbocycles. The number of fused-ring (bicyclic) bond motifs is 1. The Morgan fingerprint density at radius 1 is 0.960 bits per heavy atom. The summed E-state index contributed by atoms with van der Waals surface area (Å²) < 4.78 is 5.91. The van der Waals surface area contributed by atoms with Gasteiger partial charge in [-0.05, 0) is 36.6 Å². The number of carbonyl (C=O) groups excluding carboxylic acids is 1. The first-order valence-electron chi connectivity index (χ1n) is 8.84. The lowest BCUT2D eigenvalue weighted by molar-refractivity contribution is -0.118. The van der Waals surface area contributed by atoms with Crippen molar-refractivity contribution in [1.29, 1.82) is 0 Å². The molecule has 2 aromatic carbocycles. The third-order valence-electron chi connectivity index (χ3n) is 4.72. The Bertz CT molecular complexity index is 866. The molecular formula is C22H21NO2. The molecule has 0 fully saturated rings. The van der Waals surface area contributed by atoms with E-state index in [-0.39, 0.29) is 5.91 Å². The van der Waals surface area contributed by atoms with E-state index in [4.69, 9.17) is 4.42 Å². The standard InChI is InChI=1S/C22H21NO2/c24-22(23-16-6-10-17-7-4-5-11-20(17)23)15-13-19-12-14-21(25-19)18-8-2-1-3-9-18/h1-5,7-9,11-12,14H,6,10,13,15-16H2. The molecular weight excluding hydrogens is 310 g/mol. The van der Waals surface area contributed by atoms with Crippen LogP contribution in [0.2, 0.25) is 0 Å².